The highest BCUT2D eigenvalue weighted by Gasteiger charge is 2.40. The summed E-state index contributed by atoms with van der Waals surface area (Å²) >= 11 is 0. The number of rotatable bonds is 3. The van der Waals surface area contributed by atoms with Crippen molar-refractivity contribution in [2.24, 2.45) is 0 Å². The first-order valence-corrected chi connectivity index (χ1v) is 8.70. The van der Waals surface area contributed by atoms with Crippen molar-refractivity contribution in [2.75, 3.05) is 39.5 Å². The van der Waals surface area contributed by atoms with Crippen LogP contribution in [0.2, 0.25) is 0 Å². The molecule has 5 heteroatoms. The van der Waals surface area contributed by atoms with Crippen molar-refractivity contribution < 1.29 is 14.2 Å². The van der Waals surface area contributed by atoms with Crippen molar-refractivity contribution in [2.45, 2.75) is 62.5 Å². The van der Waals surface area contributed by atoms with Gasteiger partial charge in [-0.1, -0.05) is 0 Å². The lowest BCUT2D eigenvalue weighted by molar-refractivity contribution is -0.179. The fourth-order valence-electron chi connectivity index (χ4n) is 4.35. The molecular formula is C16H28N2O3. The SMILES string of the molecule is C1CC2COC(CNC3CCC4(CC3)OCCO4)CN2C1. The van der Waals surface area contributed by atoms with Gasteiger partial charge in [-0.3, -0.25) is 4.90 Å². The van der Waals surface area contributed by atoms with Crippen molar-refractivity contribution in [1.82, 2.24) is 10.2 Å². The van der Waals surface area contributed by atoms with Crippen molar-refractivity contribution in [3.05, 3.63) is 0 Å². The molecule has 2 unspecified atom stereocenters. The van der Waals surface area contributed by atoms with Gasteiger partial charge in [-0.15, -0.1) is 0 Å². The lowest BCUT2D eigenvalue weighted by Crippen LogP contribution is -2.51. The zero-order valence-electron chi connectivity index (χ0n) is 12.9. The molecule has 0 aromatic rings. The monoisotopic (exact) mass is 296 g/mol. The summed E-state index contributed by atoms with van der Waals surface area (Å²) < 4.78 is 17.6. The second kappa shape index (κ2) is 6.13. The number of ether oxygens (including phenoxy) is 3. The number of hydrogen-bond acceptors (Lipinski definition) is 5. The second-order valence-electron chi connectivity index (χ2n) is 7.04. The molecule has 3 heterocycles. The fraction of sp³-hybridized carbons (Fsp3) is 1.00. The zero-order chi connectivity index (χ0) is 14.1. The molecule has 3 aliphatic heterocycles. The molecule has 2 atom stereocenters. The lowest BCUT2D eigenvalue weighted by atomic mass is 9.90. The number of nitrogens with zero attached hydrogens (tertiary/aromatic N) is 1. The van der Waals surface area contributed by atoms with Gasteiger partial charge in [-0.2, -0.15) is 0 Å². The van der Waals surface area contributed by atoms with E-state index in [0.29, 0.717) is 18.2 Å². The molecule has 4 fully saturated rings. The Balaban J connectivity index is 1.19. The van der Waals surface area contributed by atoms with Crippen LogP contribution >= 0.6 is 0 Å². The van der Waals surface area contributed by atoms with Gasteiger partial charge in [0.25, 0.3) is 0 Å². The molecule has 0 bridgehead atoms. The van der Waals surface area contributed by atoms with Crippen LogP contribution in [0.3, 0.4) is 0 Å². The highest BCUT2D eigenvalue weighted by atomic mass is 16.7. The molecule has 0 radical (unpaired) electrons. The molecule has 0 aromatic carbocycles. The van der Waals surface area contributed by atoms with E-state index in [1.807, 2.05) is 0 Å². The summed E-state index contributed by atoms with van der Waals surface area (Å²) in [6, 6.07) is 1.30. The molecule has 4 rings (SSSR count). The van der Waals surface area contributed by atoms with E-state index >= 15 is 0 Å². The first-order chi connectivity index (χ1) is 10.3. The molecule has 0 aromatic heterocycles. The molecule has 0 amide bonds. The van der Waals surface area contributed by atoms with E-state index in [0.717, 1.165) is 58.6 Å². The van der Waals surface area contributed by atoms with E-state index in [4.69, 9.17) is 14.2 Å². The highest BCUT2D eigenvalue weighted by molar-refractivity contribution is 4.88. The number of morpholine rings is 1. The maximum Gasteiger partial charge on any atom is 0.168 e. The largest absolute Gasteiger partial charge is 0.374 e. The Morgan fingerprint density at radius 2 is 1.90 bits per heavy atom. The Morgan fingerprint density at radius 1 is 1.10 bits per heavy atom. The van der Waals surface area contributed by atoms with Gasteiger partial charge in [0.15, 0.2) is 5.79 Å². The Hall–Kier alpha value is -0.200. The topological polar surface area (TPSA) is 43.0 Å². The van der Waals surface area contributed by atoms with Gasteiger partial charge in [0.2, 0.25) is 0 Å². The van der Waals surface area contributed by atoms with Crippen LogP contribution in [0, 0.1) is 0 Å². The summed E-state index contributed by atoms with van der Waals surface area (Å²) in [4.78, 5) is 2.62. The van der Waals surface area contributed by atoms with Crippen molar-refractivity contribution in [1.29, 1.82) is 0 Å². The molecule has 1 N–H and O–H groups in total. The Morgan fingerprint density at radius 3 is 2.71 bits per heavy atom. The van der Waals surface area contributed by atoms with Crippen LogP contribution in [-0.2, 0) is 14.2 Å². The third-order valence-electron chi connectivity index (χ3n) is 5.66. The minimum Gasteiger partial charge on any atom is -0.374 e. The molecule has 1 aliphatic carbocycles. The van der Waals surface area contributed by atoms with Crippen LogP contribution in [0.1, 0.15) is 38.5 Å². The van der Waals surface area contributed by atoms with Crippen LogP contribution in [0.4, 0.5) is 0 Å². The van der Waals surface area contributed by atoms with E-state index in [9.17, 15) is 0 Å². The quantitative estimate of drug-likeness (QED) is 0.845. The van der Waals surface area contributed by atoms with Gasteiger partial charge in [0, 0.05) is 38.0 Å². The van der Waals surface area contributed by atoms with Gasteiger partial charge in [0.1, 0.15) is 0 Å². The Labute approximate surface area is 127 Å². The molecule has 1 saturated carbocycles. The molecule has 120 valence electrons. The van der Waals surface area contributed by atoms with Crippen LogP contribution in [0.5, 0.6) is 0 Å². The normalized spacial score (nSPS) is 37.1. The number of fused-ring (bicyclic) bond motifs is 1. The predicted octanol–water partition coefficient (Wildman–Crippen LogP) is 1.12. The molecule has 5 nitrogen and oxygen atoms in total. The van der Waals surface area contributed by atoms with Gasteiger partial charge < -0.3 is 19.5 Å². The Bertz CT molecular complexity index is 349. The van der Waals surface area contributed by atoms with Crippen molar-refractivity contribution in [3.63, 3.8) is 0 Å². The van der Waals surface area contributed by atoms with Crippen molar-refractivity contribution >= 4 is 0 Å². The van der Waals surface area contributed by atoms with Gasteiger partial charge >= 0.3 is 0 Å². The Kier molecular flexibility index (Phi) is 4.20. The standard InChI is InChI=1S/C16H28N2O3/c1-2-14-12-19-15(11-18(14)7-1)10-17-13-3-5-16(6-4-13)20-8-9-21-16/h13-15,17H,1-12H2. The molecular weight excluding hydrogens is 268 g/mol. The minimum atomic E-state index is -0.234. The first-order valence-electron chi connectivity index (χ1n) is 8.70. The number of hydrogen-bond donors (Lipinski definition) is 1. The van der Waals surface area contributed by atoms with Gasteiger partial charge in [-0.25, -0.2) is 0 Å². The minimum absolute atomic E-state index is 0.234. The maximum absolute atomic E-state index is 6.02. The van der Waals surface area contributed by atoms with Crippen LogP contribution in [0.25, 0.3) is 0 Å². The summed E-state index contributed by atoms with van der Waals surface area (Å²) in [5, 5.41) is 3.71. The van der Waals surface area contributed by atoms with E-state index in [-0.39, 0.29) is 5.79 Å². The van der Waals surface area contributed by atoms with Gasteiger partial charge in [0.05, 0.1) is 25.9 Å². The van der Waals surface area contributed by atoms with Gasteiger partial charge in [-0.05, 0) is 32.2 Å². The number of nitrogens with one attached hydrogen (secondary N) is 1. The third kappa shape index (κ3) is 3.13. The molecule has 4 aliphatic rings. The molecule has 1 spiro atoms. The summed E-state index contributed by atoms with van der Waals surface area (Å²) in [5.74, 6) is -0.234. The van der Waals surface area contributed by atoms with Crippen LogP contribution in [-0.4, -0.2) is 68.3 Å². The van der Waals surface area contributed by atoms with E-state index in [1.54, 1.807) is 0 Å². The highest BCUT2D eigenvalue weighted by Crippen LogP contribution is 2.35. The maximum atomic E-state index is 6.02. The van der Waals surface area contributed by atoms with Crippen LogP contribution in [0.15, 0.2) is 0 Å². The lowest BCUT2D eigenvalue weighted by Gasteiger charge is -2.38. The van der Waals surface area contributed by atoms with Crippen molar-refractivity contribution in [3.8, 4) is 0 Å². The average Bonchev–Trinajstić information content (AvgIpc) is 3.16. The fourth-order valence-corrected chi connectivity index (χ4v) is 4.35. The van der Waals surface area contributed by atoms with Crippen LogP contribution < -0.4 is 5.32 Å². The third-order valence-corrected chi connectivity index (χ3v) is 5.66. The second-order valence-corrected chi connectivity index (χ2v) is 7.04. The molecule has 3 saturated heterocycles. The van der Waals surface area contributed by atoms with E-state index in [2.05, 4.69) is 10.2 Å². The predicted molar refractivity (Wildman–Crippen MR) is 79.2 cm³/mol. The van der Waals surface area contributed by atoms with E-state index < -0.39 is 0 Å². The first kappa shape index (κ1) is 14.4. The summed E-state index contributed by atoms with van der Waals surface area (Å²) in [6.07, 6.45) is 7.41. The smallest absolute Gasteiger partial charge is 0.168 e. The average molecular weight is 296 g/mol. The zero-order valence-corrected chi connectivity index (χ0v) is 12.9. The summed E-state index contributed by atoms with van der Waals surface area (Å²) in [5.41, 5.74) is 0. The molecule has 21 heavy (non-hydrogen) atoms. The summed E-state index contributed by atoms with van der Waals surface area (Å²) in [7, 11) is 0. The summed E-state index contributed by atoms with van der Waals surface area (Å²) in [6.45, 7) is 5.84. The van der Waals surface area contributed by atoms with E-state index in [1.165, 1.54) is 19.4 Å².